The molecule has 1 aliphatic heterocycles. The number of nitrogens with one attached hydrogen (secondary N) is 2. The Kier molecular flexibility index (Phi) is 7.81. The second-order valence-corrected chi connectivity index (χ2v) is 11.5. The van der Waals surface area contributed by atoms with E-state index < -0.39 is 15.6 Å². The first-order chi connectivity index (χ1) is 13.0. The minimum Gasteiger partial charge on any atom is -0.352 e. The molecule has 1 aromatic rings. The summed E-state index contributed by atoms with van der Waals surface area (Å²) in [5, 5.41) is 3.94. The molecule has 1 aromatic carbocycles. The maximum Gasteiger partial charge on any atom is 0.241 e. The van der Waals surface area contributed by atoms with E-state index in [9.17, 15) is 8.42 Å². The van der Waals surface area contributed by atoms with Gasteiger partial charge in [0.2, 0.25) is 10.0 Å². The molecule has 8 heteroatoms. The van der Waals surface area contributed by atoms with E-state index in [1.165, 1.54) is 0 Å². The van der Waals surface area contributed by atoms with E-state index in [2.05, 4.69) is 33.8 Å². The standard InChI is InChI=1S/C20H34N4O2S2/c1-15(2)17-14-24(11-12-27-17)19(21-6)22-13-16-9-7-8-10-18(16)28(25,26)23-20(3,4)5/h7-10,15,17,23H,11-14H2,1-6H3,(H,21,22). The summed E-state index contributed by atoms with van der Waals surface area (Å²) in [7, 11) is -1.82. The average molecular weight is 427 g/mol. The summed E-state index contributed by atoms with van der Waals surface area (Å²) in [5.41, 5.74) is 0.194. The number of benzene rings is 1. The van der Waals surface area contributed by atoms with Crippen LogP contribution < -0.4 is 10.0 Å². The fourth-order valence-corrected chi connectivity index (χ4v) is 6.11. The molecular weight excluding hydrogens is 392 g/mol. The molecule has 1 saturated heterocycles. The number of thioether (sulfide) groups is 1. The molecular formula is C20H34N4O2S2. The highest BCUT2D eigenvalue weighted by atomic mass is 32.2. The van der Waals surface area contributed by atoms with E-state index in [0.717, 1.165) is 30.4 Å². The predicted molar refractivity (Wildman–Crippen MR) is 119 cm³/mol. The summed E-state index contributed by atoms with van der Waals surface area (Å²) in [6.07, 6.45) is 0. The van der Waals surface area contributed by atoms with Crippen LogP contribution in [0.5, 0.6) is 0 Å². The molecule has 0 saturated carbocycles. The van der Waals surface area contributed by atoms with Crippen LogP contribution >= 0.6 is 11.8 Å². The summed E-state index contributed by atoms with van der Waals surface area (Å²) in [6, 6.07) is 7.12. The zero-order chi connectivity index (χ0) is 20.9. The van der Waals surface area contributed by atoms with Crippen LogP contribution in [-0.4, -0.2) is 56.0 Å². The zero-order valence-corrected chi connectivity index (χ0v) is 19.5. The van der Waals surface area contributed by atoms with Crippen LogP contribution in [-0.2, 0) is 16.6 Å². The van der Waals surface area contributed by atoms with E-state index in [4.69, 9.17) is 0 Å². The fraction of sp³-hybridized carbons (Fsp3) is 0.650. The highest BCUT2D eigenvalue weighted by Gasteiger charge is 2.26. The van der Waals surface area contributed by atoms with E-state index >= 15 is 0 Å². The Balaban J connectivity index is 2.14. The van der Waals surface area contributed by atoms with Crippen molar-refractivity contribution in [3.8, 4) is 0 Å². The minimum atomic E-state index is -3.59. The first kappa shape index (κ1) is 23.0. The van der Waals surface area contributed by atoms with Crippen molar-refractivity contribution >= 4 is 27.7 Å². The van der Waals surface area contributed by atoms with Crippen molar-refractivity contribution in [1.29, 1.82) is 0 Å². The van der Waals surface area contributed by atoms with Crippen molar-refractivity contribution in [2.45, 2.75) is 56.8 Å². The molecule has 0 aromatic heterocycles. The predicted octanol–water partition coefficient (Wildman–Crippen LogP) is 2.91. The van der Waals surface area contributed by atoms with Gasteiger partial charge in [-0.25, -0.2) is 13.1 Å². The van der Waals surface area contributed by atoms with Crippen LogP contribution in [0.25, 0.3) is 0 Å². The Hall–Kier alpha value is -1.25. The van der Waals surface area contributed by atoms with E-state index in [0.29, 0.717) is 22.6 Å². The summed E-state index contributed by atoms with van der Waals surface area (Å²) >= 11 is 2.02. The lowest BCUT2D eigenvalue weighted by atomic mass is 10.1. The maximum atomic E-state index is 12.8. The van der Waals surface area contributed by atoms with Crippen molar-refractivity contribution in [2.24, 2.45) is 10.9 Å². The first-order valence-electron chi connectivity index (χ1n) is 9.72. The number of hydrogen-bond acceptors (Lipinski definition) is 4. The van der Waals surface area contributed by atoms with Gasteiger partial charge in [-0.05, 0) is 38.3 Å². The fourth-order valence-electron chi connectivity index (χ4n) is 3.15. The summed E-state index contributed by atoms with van der Waals surface area (Å²) in [5.74, 6) is 2.51. The highest BCUT2D eigenvalue weighted by Crippen LogP contribution is 2.25. The van der Waals surface area contributed by atoms with Gasteiger partial charge in [0.25, 0.3) is 0 Å². The second kappa shape index (κ2) is 9.50. The molecule has 2 rings (SSSR count). The van der Waals surface area contributed by atoms with Gasteiger partial charge in [-0.3, -0.25) is 4.99 Å². The second-order valence-electron chi connectivity index (χ2n) is 8.46. The summed E-state index contributed by atoms with van der Waals surface area (Å²) < 4.78 is 28.4. The number of sulfonamides is 1. The molecule has 158 valence electrons. The van der Waals surface area contributed by atoms with Crippen LogP contribution in [0.3, 0.4) is 0 Å². The Labute approximate surface area is 174 Å². The largest absolute Gasteiger partial charge is 0.352 e. The molecule has 6 nitrogen and oxygen atoms in total. The molecule has 1 fully saturated rings. The van der Waals surface area contributed by atoms with E-state index in [1.807, 2.05) is 44.7 Å². The number of nitrogens with zero attached hydrogens (tertiary/aromatic N) is 2. The maximum absolute atomic E-state index is 12.8. The third-order valence-electron chi connectivity index (χ3n) is 4.49. The smallest absolute Gasteiger partial charge is 0.241 e. The molecule has 0 bridgehead atoms. The molecule has 0 radical (unpaired) electrons. The summed E-state index contributed by atoms with van der Waals surface area (Å²) in [6.45, 7) is 12.3. The third kappa shape index (κ3) is 6.39. The monoisotopic (exact) mass is 426 g/mol. The number of guanidine groups is 1. The van der Waals surface area contributed by atoms with Gasteiger partial charge in [0, 0.05) is 43.2 Å². The molecule has 0 amide bonds. The lowest BCUT2D eigenvalue weighted by Gasteiger charge is -2.36. The quantitative estimate of drug-likeness (QED) is 0.559. The van der Waals surface area contributed by atoms with Crippen LogP contribution in [0.2, 0.25) is 0 Å². The SMILES string of the molecule is CN=C(NCc1ccccc1S(=O)(=O)NC(C)(C)C)N1CCSC(C(C)C)C1. The van der Waals surface area contributed by atoms with Crippen molar-refractivity contribution in [3.05, 3.63) is 29.8 Å². The van der Waals surface area contributed by atoms with Gasteiger partial charge in [0.1, 0.15) is 0 Å². The first-order valence-corrected chi connectivity index (χ1v) is 12.3. The van der Waals surface area contributed by atoms with Gasteiger partial charge in [-0.2, -0.15) is 11.8 Å². The minimum absolute atomic E-state index is 0.308. The van der Waals surface area contributed by atoms with E-state index in [-0.39, 0.29) is 0 Å². The van der Waals surface area contributed by atoms with Crippen molar-refractivity contribution in [2.75, 3.05) is 25.9 Å². The highest BCUT2D eigenvalue weighted by molar-refractivity contribution is 8.00. The number of rotatable bonds is 5. The van der Waals surface area contributed by atoms with Gasteiger partial charge in [0.15, 0.2) is 5.96 Å². The topological polar surface area (TPSA) is 73.8 Å². The zero-order valence-electron chi connectivity index (χ0n) is 17.8. The normalized spacial score (nSPS) is 19.2. The number of hydrogen-bond donors (Lipinski definition) is 2. The van der Waals surface area contributed by atoms with Gasteiger partial charge >= 0.3 is 0 Å². The molecule has 1 aliphatic rings. The van der Waals surface area contributed by atoms with Gasteiger partial charge in [-0.15, -0.1) is 0 Å². The van der Waals surface area contributed by atoms with Gasteiger partial charge in [0.05, 0.1) is 4.90 Å². The Morgan fingerprint density at radius 1 is 1.32 bits per heavy atom. The van der Waals surface area contributed by atoms with Gasteiger partial charge < -0.3 is 10.2 Å². The molecule has 28 heavy (non-hydrogen) atoms. The Morgan fingerprint density at radius 3 is 2.61 bits per heavy atom. The van der Waals surface area contributed by atoms with Gasteiger partial charge in [-0.1, -0.05) is 32.0 Å². The van der Waals surface area contributed by atoms with Crippen LogP contribution in [0.15, 0.2) is 34.2 Å². The van der Waals surface area contributed by atoms with Crippen molar-refractivity contribution in [3.63, 3.8) is 0 Å². The Morgan fingerprint density at radius 2 is 2.00 bits per heavy atom. The van der Waals surface area contributed by atoms with Crippen LogP contribution in [0, 0.1) is 5.92 Å². The van der Waals surface area contributed by atoms with Crippen molar-refractivity contribution < 1.29 is 8.42 Å². The molecule has 1 atom stereocenters. The molecule has 0 aliphatic carbocycles. The molecule has 1 unspecified atom stereocenters. The summed E-state index contributed by atoms with van der Waals surface area (Å²) in [4.78, 5) is 7.01. The number of aliphatic imine (C=N–C) groups is 1. The molecule has 0 spiro atoms. The lowest BCUT2D eigenvalue weighted by Crippen LogP contribution is -2.49. The third-order valence-corrected chi connectivity index (χ3v) is 7.89. The van der Waals surface area contributed by atoms with Crippen molar-refractivity contribution in [1.82, 2.24) is 14.9 Å². The molecule has 2 N–H and O–H groups in total. The molecule has 1 heterocycles. The van der Waals surface area contributed by atoms with Crippen LogP contribution in [0.1, 0.15) is 40.2 Å². The van der Waals surface area contributed by atoms with E-state index in [1.54, 1.807) is 19.2 Å². The van der Waals surface area contributed by atoms with Crippen LogP contribution in [0.4, 0.5) is 0 Å². The average Bonchev–Trinajstić information content (AvgIpc) is 2.61. The lowest BCUT2D eigenvalue weighted by molar-refractivity contribution is 0.380. The Bertz CT molecular complexity index is 786.